The van der Waals surface area contributed by atoms with Crippen LogP contribution in [0.25, 0.3) is 0 Å². The van der Waals surface area contributed by atoms with Crippen molar-refractivity contribution in [3.8, 4) is 0 Å². The molecule has 1 heterocycles. The summed E-state index contributed by atoms with van der Waals surface area (Å²) in [6.07, 6.45) is -2.55. The van der Waals surface area contributed by atoms with Crippen LogP contribution in [0.1, 0.15) is 21.3 Å². The van der Waals surface area contributed by atoms with Gasteiger partial charge in [0, 0.05) is 5.56 Å². The van der Waals surface area contributed by atoms with E-state index >= 15 is 0 Å². The maximum absolute atomic E-state index is 12.8. The van der Waals surface area contributed by atoms with Gasteiger partial charge in [-0.1, -0.05) is 65.7 Å². The average molecular weight is 417 g/mol. The molecule has 9 heteroatoms. The first-order chi connectivity index (χ1) is 13.4. The topological polar surface area (TPSA) is 95.7 Å². The van der Waals surface area contributed by atoms with Gasteiger partial charge in [0.05, 0.1) is 14.2 Å². The van der Waals surface area contributed by atoms with Gasteiger partial charge in [-0.3, -0.25) is 4.79 Å². The lowest BCUT2D eigenvalue weighted by Gasteiger charge is -2.12. The fraction of sp³-hybridized carbons (Fsp3) is 0.118. The van der Waals surface area contributed by atoms with E-state index in [-0.39, 0.29) is 21.2 Å². The number of carbonyl (C=O) groups excluding carboxylic acids is 1. The maximum Gasteiger partial charge on any atom is 0.313 e. The van der Waals surface area contributed by atoms with Gasteiger partial charge in [0.25, 0.3) is 0 Å². The first-order valence-electron chi connectivity index (χ1n) is 8.59. The SMILES string of the molecule is [2H]C1(c2cccc(Cl)c2Cl)OC(N)=C(OS(=O)(=O)C([2H])([2H])c2ccccc2)C1=O. The van der Waals surface area contributed by atoms with E-state index in [9.17, 15) is 13.2 Å². The summed E-state index contributed by atoms with van der Waals surface area (Å²) in [6, 6.07) is 11.1. The van der Waals surface area contributed by atoms with Gasteiger partial charge in [0.15, 0.2) is 6.08 Å². The third-order valence-corrected chi connectivity index (χ3v) is 4.94. The van der Waals surface area contributed by atoms with E-state index < -0.39 is 39.3 Å². The summed E-state index contributed by atoms with van der Waals surface area (Å²) in [5, 5.41) is -0.123. The van der Waals surface area contributed by atoms with Crippen molar-refractivity contribution in [3.63, 3.8) is 0 Å². The molecule has 0 saturated carbocycles. The monoisotopic (exact) mass is 416 g/mol. The minimum atomic E-state index is -5.06. The molecule has 136 valence electrons. The van der Waals surface area contributed by atoms with Gasteiger partial charge >= 0.3 is 10.1 Å². The Balaban J connectivity index is 1.97. The van der Waals surface area contributed by atoms with Crippen molar-refractivity contribution in [2.75, 3.05) is 0 Å². The standard InChI is InChI=1S/C17H13Cl2NO5S/c18-12-8-4-7-11(13(12)19)15-14(21)16(17(20)24-15)25-26(22,23)9-10-5-2-1-3-6-10/h1-8,15H,9,20H2/i9D2,15D. The molecule has 0 amide bonds. The summed E-state index contributed by atoms with van der Waals surface area (Å²) in [6.45, 7) is 0. The van der Waals surface area contributed by atoms with Crippen LogP contribution in [0, 0.1) is 0 Å². The van der Waals surface area contributed by atoms with Gasteiger partial charge in [-0.2, -0.15) is 8.42 Å². The van der Waals surface area contributed by atoms with Crippen molar-refractivity contribution >= 4 is 39.1 Å². The summed E-state index contributed by atoms with van der Waals surface area (Å²) in [5.41, 5.74) is 2.18. The molecule has 2 aromatic rings. The number of carbonyl (C=O) groups is 1. The highest BCUT2D eigenvalue weighted by Gasteiger charge is 2.40. The van der Waals surface area contributed by atoms with E-state index in [2.05, 4.69) is 0 Å². The van der Waals surface area contributed by atoms with Gasteiger partial charge in [0.1, 0.15) is 5.70 Å². The van der Waals surface area contributed by atoms with Crippen molar-refractivity contribution in [2.24, 2.45) is 5.73 Å². The van der Waals surface area contributed by atoms with Gasteiger partial charge in [-0.15, -0.1) is 0 Å². The minimum Gasteiger partial charge on any atom is -0.460 e. The van der Waals surface area contributed by atoms with Crippen molar-refractivity contribution < 1.29 is 26.2 Å². The summed E-state index contributed by atoms with van der Waals surface area (Å²) < 4.78 is 59.2. The number of ketones is 1. The molecule has 26 heavy (non-hydrogen) atoms. The zero-order chi connectivity index (χ0) is 21.6. The number of hydrogen-bond acceptors (Lipinski definition) is 6. The van der Waals surface area contributed by atoms with Gasteiger partial charge in [-0.05, 0) is 11.6 Å². The normalized spacial score (nSPS) is 22.4. The predicted molar refractivity (Wildman–Crippen MR) is 96.7 cm³/mol. The Bertz CT molecular complexity index is 1130. The molecule has 2 aromatic carbocycles. The fourth-order valence-corrected chi connectivity index (χ4v) is 3.36. The Morgan fingerprint density at radius 1 is 1.19 bits per heavy atom. The summed E-state index contributed by atoms with van der Waals surface area (Å²) >= 11 is 12.0. The largest absolute Gasteiger partial charge is 0.460 e. The molecule has 1 aliphatic heterocycles. The second kappa shape index (κ2) is 7.19. The number of hydrogen-bond donors (Lipinski definition) is 1. The maximum atomic E-state index is 12.8. The van der Waals surface area contributed by atoms with E-state index in [0.717, 1.165) is 0 Å². The highest BCUT2D eigenvalue weighted by atomic mass is 35.5. The van der Waals surface area contributed by atoms with Crippen molar-refractivity contribution in [3.05, 3.63) is 81.3 Å². The van der Waals surface area contributed by atoms with Gasteiger partial charge in [-0.25, -0.2) is 0 Å². The summed E-state index contributed by atoms with van der Waals surface area (Å²) in [5.74, 6) is -3.09. The Hall–Kier alpha value is -2.22. The molecule has 0 radical (unpaired) electrons. The van der Waals surface area contributed by atoms with E-state index in [1.807, 2.05) is 0 Å². The molecular formula is C17H13Cl2NO5S. The quantitative estimate of drug-likeness (QED) is 0.750. The zero-order valence-electron chi connectivity index (χ0n) is 15.9. The zero-order valence-corrected chi connectivity index (χ0v) is 15.2. The molecule has 0 aromatic heterocycles. The average Bonchev–Trinajstić information content (AvgIpc) is 2.88. The number of halogens is 2. The lowest BCUT2D eigenvalue weighted by molar-refractivity contribution is -0.123. The second-order valence-electron chi connectivity index (χ2n) is 5.06. The van der Waals surface area contributed by atoms with Crippen LogP contribution in [0.3, 0.4) is 0 Å². The van der Waals surface area contributed by atoms with Crippen molar-refractivity contribution in [1.29, 1.82) is 0 Å². The van der Waals surface area contributed by atoms with E-state index in [4.69, 9.17) is 42.0 Å². The molecule has 6 nitrogen and oxygen atoms in total. The fourth-order valence-electron chi connectivity index (χ4n) is 2.13. The molecule has 1 aliphatic rings. The number of Topliss-reactive ketones (excluding diaryl/α,β-unsaturated/α-hetero) is 1. The third-order valence-electron chi connectivity index (χ3n) is 3.25. The first kappa shape index (κ1) is 14.9. The molecular weight excluding hydrogens is 401 g/mol. The molecule has 1 atom stereocenters. The second-order valence-corrected chi connectivity index (χ2v) is 7.12. The molecule has 0 bridgehead atoms. The molecule has 0 aliphatic carbocycles. The highest BCUT2D eigenvalue weighted by molar-refractivity contribution is 7.86. The van der Waals surface area contributed by atoms with Crippen LogP contribution in [-0.2, 0) is 29.5 Å². The van der Waals surface area contributed by atoms with Crippen LogP contribution in [-0.4, -0.2) is 14.2 Å². The van der Waals surface area contributed by atoms with Crippen LogP contribution in [0.15, 0.2) is 60.2 Å². The van der Waals surface area contributed by atoms with Crippen LogP contribution in [0.5, 0.6) is 0 Å². The van der Waals surface area contributed by atoms with Crippen LogP contribution in [0.4, 0.5) is 0 Å². The smallest absolute Gasteiger partial charge is 0.313 e. The Morgan fingerprint density at radius 2 is 1.88 bits per heavy atom. The minimum absolute atomic E-state index is 0.0353. The highest BCUT2D eigenvalue weighted by Crippen LogP contribution is 2.38. The number of benzene rings is 2. The number of ether oxygens (including phenoxy) is 1. The van der Waals surface area contributed by atoms with E-state index in [0.29, 0.717) is 0 Å². The van der Waals surface area contributed by atoms with Gasteiger partial charge < -0.3 is 14.7 Å². The summed E-state index contributed by atoms with van der Waals surface area (Å²) in [4.78, 5) is 12.8. The van der Waals surface area contributed by atoms with Crippen molar-refractivity contribution in [2.45, 2.75) is 11.8 Å². The number of rotatable bonds is 5. The van der Waals surface area contributed by atoms with Crippen LogP contribution < -0.4 is 5.73 Å². The van der Waals surface area contributed by atoms with Crippen LogP contribution in [0.2, 0.25) is 10.0 Å². The molecule has 2 N–H and O–H groups in total. The van der Waals surface area contributed by atoms with Crippen molar-refractivity contribution in [1.82, 2.24) is 0 Å². The molecule has 1 unspecified atom stereocenters. The Morgan fingerprint density at radius 3 is 2.58 bits per heavy atom. The lowest BCUT2D eigenvalue weighted by Crippen LogP contribution is -2.16. The molecule has 0 spiro atoms. The number of nitrogens with two attached hydrogens (primary N) is 1. The van der Waals surface area contributed by atoms with E-state index in [1.54, 1.807) is 6.07 Å². The predicted octanol–water partition coefficient (Wildman–Crippen LogP) is 3.31. The Labute approximate surface area is 164 Å². The summed E-state index contributed by atoms with van der Waals surface area (Å²) in [7, 11) is -5.06. The molecule has 3 rings (SSSR count). The molecule has 0 saturated heterocycles. The lowest BCUT2D eigenvalue weighted by atomic mass is 10.1. The molecule has 0 fully saturated rings. The third kappa shape index (κ3) is 3.80. The van der Waals surface area contributed by atoms with Crippen LogP contribution >= 0.6 is 23.2 Å². The van der Waals surface area contributed by atoms with E-state index in [1.165, 1.54) is 42.5 Å². The first-order valence-corrected chi connectivity index (χ1v) is 9.26. The van der Waals surface area contributed by atoms with Gasteiger partial charge in [0.2, 0.25) is 17.4 Å². The Kier molecular flexibility index (Phi) is 4.12.